The van der Waals surface area contributed by atoms with Gasteiger partial charge in [-0.2, -0.15) is 0 Å². The molecule has 25 heavy (non-hydrogen) atoms. The summed E-state index contributed by atoms with van der Waals surface area (Å²) in [7, 11) is 0. The van der Waals surface area contributed by atoms with Gasteiger partial charge >= 0.3 is 0 Å². The molecule has 0 aromatic carbocycles. The minimum absolute atomic E-state index is 0.0485. The molecule has 8 heteroatoms. The number of ether oxygens (including phenoxy) is 1. The van der Waals surface area contributed by atoms with E-state index in [-0.39, 0.29) is 17.7 Å². The van der Waals surface area contributed by atoms with Gasteiger partial charge < -0.3 is 19.0 Å². The number of hydrogen-bond acceptors (Lipinski definition) is 7. The van der Waals surface area contributed by atoms with Crippen molar-refractivity contribution in [3.8, 4) is 0 Å². The van der Waals surface area contributed by atoms with Crippen LogP contribution in [0.2, 0.25) is 0 Å². The third-order valence-electron chi connectivity index (χ3n) is 4.89. The van der Waals surface area contributed by atoms with Crippen molar-refractivity contribution in [3.05, 3.63) is 34.9 Å². The largest absolute Gasteiger partial charge is 0.438 e. The predicted molar refractivity (Wildman–Crippen MR) is 87.1 cm³/mol. The molecular formula is C17H22N4O4. The number of carbonyl (C=O) groups excluding carboxylic acids is 1. The Morgan fingerprint density at radius 3 is 3.00 bits per heavy atom. The number of morpholine rings is 1. The average molecular weight is 346 g/mol. The molecule has 134 valence electrons. The van der Waals surface area contributed by atoms with Crippen molar-refractivity contribution in [1.82, 2.24) is 20.4 Å². The number of carbonyl (C=O) groups is 1. The SMILES string of the molecule is Cc1ncoc1C(=O)NC1CCc2onc(CN3CCOCC3)c2C1. The van der Waals surface area contributed by atoms with Crippen LogP contribution in [-0.2, 0) is 24.1 Å². The van der Waals surface area contributed by atoms with Gasteiger partial charge in [-0.05, 0) is 19.8 Å². The molecule has 1 unspecified atom stereocenters. The summed E-state index contributed by atoms with van der Waals surface area (Å²) in [5.41, 5.74) is 2.72. The second kappa shape index (κ2) is 6.97. The van der Waals surface area contributed by atoms with Crippen molar-refractivity contribution < 1.29 is 18.5 Å². The molecule has 1 amide bonds. The first-order chi connectivity index (χ1) is 12.2. The Kier molecular flexibility index (Phi) is 4.54. The number of oxazole rings is 1. The van der Waals surface area contributed by atoms with E-state index in [2.05, 4.69) is 20.4 Å². The predicted octanol–water partition coefficient (Wildman–Crippen LogP) is 1.09. The minimum Gasteiger partial charge on any atom is -0.438 e. The van der Waals surface area contributed by atoms with Gasteiger partial charge in [0.25, 0.3) is 5.91 Å². The van der Waals surface area contributed by atoms with Gasteiger partial charge in [-0.3, -0.25) is 9.69 Å². The fraction of sp³-hybridized carbons (Fsp3) is 0.588. The Hall–Kier alpha value is -2.19. The van der Waals surface area contributed by atoms with Crippen molar-refractivity contribution in [2.75, 3.05) is 26.3 Å². The molecule has 1 aliphatic carbocycles. The molecular weight excluding hydrogens is 324 g/mol. The minimum atomic E-state index is -0.213. The van der Waals surface area contributed by atoms with Crippen LogP contribution >= 0.6 is 0 Å². The lowest BCUT2D eigenvalue weighted by atomic mass is 9.91. The van der Waals surface area contributed by atoms with Gasteiger partial charge in [-0.1, -0.05) is 5.16 Å². The summed E-state index contributed by atoms with van der Waals surface area (Å²) in [6, 6.07) is 0.0485. The molecule has 0 bridgehead atoms. The van der Waals surface area contributed by atoms with Gasteiger partial charge in [-0.15, -0.1) is 0 Å². The average Bonchev–Trinajstić information content (AvgIpc) is 3.22. The summed E-state index contributed by atoms with van der Waals surface area (Å²) in [6.45, 7) is 5.87. The van der Waals surface area contributed by atoms with Crippen molar-refractivity contribution in [2.24, 2.45) is 0 Å². The molecule has 0 spiro atoms. The van der Waals surface area contributed by atoms with Gasteiger partial charge in [0.1, 0.15) is 11.5 Å². The first kappa shape index (κ1) is 16.3. The topological polar surface area (TPSA) is 93.6 Å². The van der Waals surface area contributed by atoms with Crippen LogP contribution in [0.15, 0.2) is 15.3 Å². The molecule has 4 rings (SSSR count). The molecule has 2 aromatic heterocycles. The number of amides is 1. The molecule has 2 aromatic rings. The van der Waals surface area contributed by atoms with Gasteiger partial charge in [0, 0.05) is 37.7 Å². The maximum absolute atomic E-state index is 12.3. The van der Waals surface area contributed by atoms with Gasteiger partial charge in [0.2, 0.25) is 5.76 Å². The molecule has 0 radical (unpaired) electrons. The maximum Gasteiger partial charge on any atom is 0.289 e. The zero-order chi connectivity index (χ0) is 17.2. The van der Waals surface area contributed by atoms with E-state index in [0.29, 0.717) is 5.69 Å². The van der Waals surface area contributed by atoms with Crippen molar-refractivity contribution in [1.29, 1.82) is 0 Å². The molecule has 3 heterocycles. The van der Waals surface area contributed by atoms with E-state index < -0.39 is 0 Å². The van der Waals surface area contributed by atoms with E-state index in [1.807, 2.05) is 0 Å². The number of rotatable bonds is 4. The van der Waals surface area contributed by atoms with Crippen LogP contribution in [0.25, 0.3) is 0 Å². The normalized spacial score (nSPS) is 21.1. The van der Waals surface area contributed by atoms with E-state index in [0.717, 1.165) is 69.1 Å². The second-order valence-corrected chi connectivity index (χ2v) is 6.60. The number of fused-ring (bicyclic) bond motifs is 1. The highest BCUT2D eigenvalue weighted by atomic mass is 16.5. The monoisotopic (exact) mass is 346 g/mol. The van der Waals surface area contributed by atoms with Crippen LogP contribution in [0.1, 0.15) is 39.7 Å². The van der Waals surface area contributed by atoms with E-state index in [1.165, 1.54) is 6.39 Å². The Morgan fingerprint density at radius 2 is 2.24 bits per heavy atom. The molecule has 1 N–H and O–H groups in total. The summed E-state index contributed by atoms with van der Waals surface area (Å²) in [6.07, 6.45) is 3.64. The zero-order valence-electron chi connectivity index (χ0n) is 14.3. The highest BCUT2D eigenvalue weighted by Gasteiger charge is 2.28. The van der Waals surface area contributed by atoms with Crippen LogP contribution in [0.3, 0.4) is 0 Å². The van der Waals surface area contributed by atoms with Crippen LogP contribution in [0.5, 0.6) is 0 Å². The highest BCUT2D eigenvalue weighted by Crippen LogP contribution is 2.26. The fourth-order valence-electron chi connectivity index (χ4n) is 3.45. The summed E-state index contributed by atoms with van der Waals surface area (Å²) in [5.74, 6) is 1.02. The molecule has 2 aliphatic rings. The van der Waals surface area contributed by atoms with E-state index >= 15 is 0 Å². The van der Waals surface area contributed by atoms with E-state index in [1.54, 1.807) is 6.92 Å². The molecule has 1 aliphatic heterocycles. The first-order valence-corrected chi connectivity index (χ1v) is 8.68. The highest BCUT2D eigenvalue weighted by molar-refractivity contribution is 5.92. The first-order valence-electron chi connectivity index (χ1n) is 8.68. The van der Waals surface area contributed by atoms with Crippen LogP contribution < -0.4 is 5.32 Å². The third-order valence-corrected chi connectivity index (χ3v) is 4.89. The van der Waals surface area contributed by atoms with Gasteiger partial charge in [0.05, 0.1) is 18.9 Å². The number of nitrogens with one attached hydrogen (secondary N) is 1. The quantitative estimate of drug-likeness (QED) is 0.885. The van der Waals surface area contributed by atoms with Crippen LogP contribution in [-0.4, -0.2) is 53.3 Å². The lowest BCUT2D eigenvalue weighted by Crippen LogP contribution is -2.39. The van der Waals surface area contributed by atoms with Crippen molar-refractivity contribution in [2.45, 2.75) is 38.8 Å². The summed E-state index contributed by atoms with van der Waals surface area (Å²) in [4.78, 5) is 18.6. The molecule has 1 saturated heterocycles. The van der Waals surface area contributed by atoms with Crippen LogP contribution in [0, 0.1) is 6.92 Å². The maximum atomic E-state index is 12.3. The third kappa shape index (κ3) is 3.45. The molecule has 8 nitrogen and oxygen atoms in total. The van der Waals surface area contributed by atoms with Gasteiger partial charge in [0.15, 0.2) is 6.39 Å². The lowest BCUT2D eigenvalue weighted by molar-refractivity contribution is 0.0331. The number of hydrogen-bond donors (Lipinski definition) is 1. The summed E-state index contributed by atoms with van der Waals surface area (Å²) >= 11 is 0. The fourth-order valence-corrected chi connectivity index (χ4v) is 3.45. The van der Waals surface area contributed by atoms with Crippen molar-refractivity contribution >= 4 is 5.91 Å². The second-order valence-electron chi connectivity index (χ2n) is 6.60. The standard InChI is InChI=1S/C17H22N4O4/c1-11-16(24-10-18-11)17(22)19-12-2-3-15-13(8-12)14(20-25-15)9-21-4-6-23-7-5-21/h10,12H,2-9H2,1H3,(H,19,22). The van der Waals surface area contributed by atoms with Crippen molar-refractivity contribution in [3.63, 3.8) is 0 Å². The van der Waals surface area contributed by atoms with E-state index in [4.69, 9.17) is 13.7 Å². The molecule has 1 atom stereocenters. The van der Waals surface area contributed by atoms with E-state index in [9.17, 15) is 4.79 Å². The Labute approximate surface area is 145 Å². The Balaban J connectivity index is 1.42. The Morgan fingerprint density at radius 1 is 1.40 bits per heavy atom. The van der Waals surface area contributed by atoms with Gasteiger partial charge in [-0.25, -0.2) is 4.98 Å². The molecule has 1 fully saturated rings. The smallest absolute Gasteiger partial charge is 0.289 e. The Bertz CT molecular complexity index is 748. The summed E-state index contributed by atoms with van der Waals surface area (Å²) < 4.78 is 16.1. The number of aromatic nitrogens is 2. The van der Waals surface area contributed by atoms with Crippen LogP contribution in [0.4, 0.5) is 0 Å². The summed E-state index contributed by atoms with van der Waals surface area (Å²) in [5, 5.41) is 7.32. The zero-order valence-corrected chi connectivity index (χ0v) is 14.3. The number of nitrogens with zero attached hydrogens (tertiary/aromatic N) is 3. The lowest BCUT2D eigenvalue weighted by Gasteiger charge is -2.27. The molecule has 0 saturated carbocycles. The number of aryl methyl sites for hydroxylation is 2.